The van der Waals surface area contributed by atoms with Crippen LogP contribution in [0.1, 0.15) is 11.3 Å². The second kappa shape index (κ2) is 6.64. The monoisotopic (exact) mass is 368 g/mol. The number of hydrogen-bond donors (Lipinski definition) is 2. The second-order valence-electron chi connectivity index (χ2n) is 5.23. The summed E-state index contributed by atoms with van der Waals surface area (Å²) in [5.41, 5.74) is 0.595. The minimum absolute atomic E-state index is 0.0719. The van der Waals surface area contributed by atoms with Gasteiger partial charge in [0.05, 0.1) is 17.8 Å². The van der Waals surface area contributed by atoms with E-state index >= 15 is 0 Å². The molecular weight excluding hydrogens is 357 g/mol. The van der Waals surface area contributed by atoms with Crippen LogP contribution in [-0.4, -0.2) is 15.4 Å². The Morgan fingerprint density at radius 2 is 1.84 bits per heavy atom. The lowest BCUT2D eigenvalue weighted by molar-refractivity contribution is -0.137. The predicted octanol–water partition coefficient (Wildman–Crippen LogP) is 4.33. The normalized spacial score (nSPS) is 11.5. The Labute approximate surface area is 145 Å². The molecule has 2 aromatic heterocycles. The SMILES string of the molecule is O=C(NCc1cn2cc(C(F)(F)F)ccc2n1)Nc1ccc(Cl)cc1. The zero-order valence-electron chi connectivity index (χ0n) is 12.6. The number of benzene rings is 1. The smallest absolute Gasteiger partial charge is 0.332 e. The maximum absolute atomic E-state index is 12.7. The number of fused-ring (bicyclic) bond motifs is 1. The molecule has 0 aliphatic carbocycles. The molecule has 2 heterocycles. The van der Waals surface area contributed by atoms with E-state index < -0.39 is 17.8 Å². The summed E-state index contributed by atoms with van der Waals surface area (Å²) in [5, 5.41) is 5.75. The summed E-state index contributed by atoms with van der Waals surface area (Å²) < 4.78 is 39.4. The third kappa shape index (κ3) is 4.21. The van der Waals surface area contributed by atoms with Crippen LogP contribution in [0.15, 0.2) is 48.8 Å². The number of amides is 2. The number of imidazole rings is 1. The Hall–Kier alpha value is -2.74. The molecule has 130 valence electrons. The second-order valence-corrected chi connectivity index (χ2v) is 5.66. The lowest BCUT2D eigenvalue weighted by Crippen LogP contribution is -2.28. The van der Waals surface area contributed by atoms with Crippen LogP contribution in [0.2, 0.25) is 5.02 Å². The first-order valence-electron chi connectivity index (χ1n) is 7.16. The molecule has 0 radical (unpaired) electrons. The van der Waals surface area contributed by atoms with Crippen molar-refractivity contribution in [3.05, 3.63) is 65.1 Å². The number of aromatic nitrogens is 2. The van der Waals surface area contributed by atoms with Crippen molar-refractivity contribution in [3.8, 4) is 0 Å². The van der Waals surface area contributed by atoms with Gasteiger partial charge in [-0.05, 0) is 36.4 Å². The molecule has 0 atom stereocenters. The fraction of sp³-hybridized carbons (Fsp3) is 0.125. The number of nitrogens with one attached hydrogen (secondary N) is 2. The van der Waals surface area contributed by atoms with Crippen LogP contribution in [0.3, 0.4) is 0 Å². The van der Waals surface area contributed by atoms with Gasteiger partial charge in [-0.3, -0.25) is 0 Å². The fourth-order valence-corrected chi connectivity index (χ4v) is 2.30. The molecule has 9 heteroatoms. The standard InChI is InChI=1S/C16H12ClF3N4O/c17-11-2-4-12(5-3-11)23-15(25)21-7-13-9-24-8-10(16(18,19)20)1-6-14(24)22-13/h1-6,8-9H,7H2,(H2,21,23,25). The van der Waals surface area contributed by atoms with Crippen LogP contribution in [0.4, 0.5) is 23.7 Å². The molecular formula is C16H12ClF3N4O. The summed E-state index contributed by atoms with van der Waals surface area (Å²) in [4.78, 5) is 16.0. The van der Waals surface area contributed by atoms with E-state index in [-0.39, 0.29) is 6.54 Å². The van der Waals surface area contributed by atoms with Crippen molar-refractivity contribution in [3.63, 3.8) is 0 Å². The molecule has 25 heavy (non-hydrogen) atoms. The summed E-state index contributed by atoms with van der Waals surface area (Å²) in [6, 6.07) is 8.34. The number of carbonyl (C=O) groups excluding carboxylic acids is 1. The molecule has 2 amide bonds. The number of nitrogens with zero attached hydrogens (tertiary/aromatic N) is 2. The van der Waals surface area contributed by atoms with E-state index in [0.29, 0.717) is 22.1 Å². The number of rotatable bonds is 3. The first-order valence-corrected chi connectivity index (χ1v) is 7.54. The first kappa shape index (κ1) is 17.1. The molecule has 0 aliphatic heterocycles. The van der Waals surface area contributed by atoms with E-state index in [9.17, 15) is 18.0 Å². The Morgan fingerprint density at radius 1 is 1.12 bits per heavy atom. The minimum atomic E-state index is -4.42. The topological polar surface area (TPSA) is 58.4 Å². The third-order valence-corrected chi connectivity index (χ3v) is 3.61. The predicted molar refractivity (Wildman–Crippen MR) is 87.5 cm³/mol. The van der Waals surface area contributed by atoms with Gasteiger partial charge in [-0.2, -0.15) is 13.2 Å². The van der Waals surface area contributed by atoms with Gasteiger partial charge in [0.15, 0.2) is 0 Å². The summed E-state index contributed by atoms with van der Waals surface area (Å²) in [6.45, 7) is 0.0719. The molecule has 0 bridgehead atoms. The van der Waals surface area contributed by atoms with Crippen molar-refractivity contribution in [1.29, 1.82) is 0 Å². The molecule has 3 aromatic rings. The van der Waals surface area contributed by atoms with Gasteiger partial charge in [0.25, 0.3) is 0 Å². The molecule has 0 fully saturated rings. The largest absolute Gasteiger partial charge is 0.417 e. The summed E-state index contributed by atoms with van der Waals surface area (Å²) in [6.07, 6.45) is -2.03. The van der Waals surface area contributed by atoms with Crippen LogP contribution >= 0.6 is 11.6 Å². The van der Waals surface area contributed by atoms with E-state index in [0.717, 1.165) is 12.3 Å². The number of anilines is 1. The third-order valence-electron chi connectivity index (χ3n) is 3.36. The average Bonchev–Trinajstić information content (AvgIpc) is 2.96. The van der Waals surface area contributed by atoms with Crippen molar-refractivity contribution in [2.24, 2.45) is 0 Å². The van der Waals surface area contributed by atoms with Crippen LogP contribution in [0.25, 0.3) is 5.65 Å². The molecule has 5 nitrogen and oxygen atoms in total. The lowest BCUT2D eigenvalue weighted by atomic mass is 10.3. The van der Waals surface area contributed by atoms with Crippen molar-refractivity contribution in [2.45, 2.75) is 12.7 Å². The highest BCUT2D eigenvalue weighted by Gasteiger charge is 2.30. The zero-order valence-corrected chi connectivity index (χ0v) is 13.4. The maximum Gasteiger partial charge on any atom is 0.417 e. The van der Waals surface area contributed by atoms with Crippen LogP contribution in [0.5, 0.6) is 0 Å². The quantitative estimate of drug-likeness (QED) is 0.723. The molecule has 2 N–H and O–H groups in total. The Morgan fingerprint density at radius 3 is 2.52 bits per heavy atom. The number of alkyl halides is 3. The van der Waals surface area contributed by atoms with Gasteiger partial charge in [0, 0.05) is 23.1 Å². The highest BCUT2D eigenvalue weighted by molar-refractivity contribution is 6.30. The molecule has 0 spiro atoms. The molecule has 1 aromatic carbocycles. The van der Waals surface area contributed by atoms with Crippen molar-refractivity contribution in [2.75, 3.05) is 5.32 Å². The van der Waals surface area contributed by atoms with Crippen molar-refractivity contribution in [1.82, 2.24) is 14.7 Å². The van der Waals surface area contributed by atoms with Gasteiger partial charge >= 0.3 is 12.2 Å². The highest BCUT2D eigenvalue weighted by atomic mass is 35.5. The number of pyridine rings is 1. The van der Waals surface area contributed by atoms with E-state index in [1.807, 2.05) is 0 Å². The van der Waals surface area contributed by atoms with Crippen LogP contribution in [-0.2, 0) is 12.7 Å². The first-order chi connectivity index (χ1) is 11.8. The van der Waals surface area contributed by atoms with E-state index in [4.69, 9.17) is 11.6 Å². The molecule has 0 saturated carbocycles. The minimum Gasteiger partial charge on any atom is -0.332 e. The van der Waals surface area contributed by atoms with Crippen LogP contribution < -0.4 is 10.6 Å². The van der Waals surface area contributed by atoms with Gasteiger partial charge < -0.3 is 15.0 Å². The number of halogens is 4. The van der Waals surface area contributed by atoms with Crippen LogP contribution in [0, 0.1) is 0 Å². The van der Waals surface area contributed by atoms with Crippen molar-refractivity contribution < 1.29 is 18.0 Å². The zero-order chi connectivity index (χ0) is 18.0. The maximum atomic E-state index is 12.7. The number of hydrogen-bond acceptors (Lipinski definition) is 2. The van der Waals surface area contributed by atoms with Gasteiger partial charge in [0.2, 0.25) is 0 Å². The van der Waals surface area contributed by atoms with E-state index in [1.54, 1.807) is 24.3 Å². The summed E-state index contributed by atoms with van der Waals surface area (Å²) in [7, 11) is 0. The van der Waals surface area contributed by atoms with Gasteiger partial charge in [0.1, 0.15) is 5.65 Å². The Bertz CT molecular complexity index is 906. The fourth-order valence-electron chi connectivity index (χ4n) is 2.18. The number of urea groups is 1. The van der Waals surface area contributed by atoms with E-state index in [1.165, 1.54) is 16.7 Å². The Balaban J connectivity index is 1.64. The summed E-state index contributed by atoms with van der Waals surface area (Å²) in [5.74, 6) is 0. The van der Waals surface area contributed by atoms with E-state index in [2.05, 4.69) is 15.6 Å². The average molecular weight is 369 g/mol. The molecule has 0 saturated heterocycles. The molecule has 0 unspecified atom stereocenters. The molecule has 0 aliphatic rings. The van der Waals surface area contributed by atoms with Gasteiger partial charge in [-0.1, -0.05) is 11.6 Å². The Kier molecular flexibility index (Phi) is 4.54. The summed E-state index contributed by atoms with van der Waals surface area (Å²) >= 11 is 5.76. The number of carbonyl (C=O) groups is 1. The molecule has 3 rings (SSSR count). The van der Waals surface area contributed by atoms with Gasteiger partial charge in [-0.25, -0.2) is 9.78 Å². The highest BCUT2D eigenvalue weighted by Crippen LogP contribution is 2.29. The van der Waals surface area contributed by atoms with Gasteiger partial charge in [-0.15, -0.1) is 0 Å². The lowest BCUT2D eigenvalue weighted by Gasteiger charge is -2.06. The van der Waals surface area contributed by atoms with Crippen molar-refractivity contribution >= 4 is 29.0 Å².